The molecule has 140 valence electrons. The molecule has 7 nitrogen and oxygen atoms in total. The van der Waals surface area contributed by atoms with E-state index >= 15 is 0 Å². The number of hydrogen-bond acceptors (Lipinski definition) is 6. The molecule has 1 N–H and O–H groups in total. The maximum Gasteiger partial charge on any atom is 0.226 e. The van der Waals surface area contributed by atoms with E-state index in [-0.39, 0.29) is 11.7 Å². The number of ketones is 1. The van der Waals surface area contributed by atoms with Crippen LogP contribution in [0.1, 0.15) is 57.3 Å². The number of carbonyl (C=O) groups is 2. The maximum atomic E-state index is 12.4. The van der Waals surface area contributed by atoms with Gasteiger partial charge in [-0.05, 0) is 45.6 Å². The summed E-state index contributed by atoms with van der Waals surface area (Å²) in [4.78, 5) is 34.0. The zero-order valence-electron chi connectivity index (χ0n) is 15.6. The molecule has 0 bridgehead atoms. The van der Waals surface area contributed by atoms with Gasteiger partial charge in [0.1, 0.15) is 0 Å². The van der Waals surface area contributed by atoms with Crippen molar-refractivity contribution in [1.82, 2.24) is 19.6 Å². The van der Waals surface area contributed by atoms with Crippen molar-refractivity contribution in [1.29, 1.82) is 0 Å². The number of anilines is 1. The highest BCUT2D eigenvalue weighted by Gasteiger charge is 2.23. The van der Waals surface area contributed by atoms with E-state index < -0.39 is 0 Å². The van der Waals surface area contributed by atoms with Crippen LogP contribution < -0.4 is 5.32 Å². The molecule has 0 aromatic carbocycles. The highest BCUT2D eigenvalue weighted by Crippen LogP contribution is 2.29. The lowest BCUT2D eigenvalue weighted by molar-refractivity contribution is -0.116. The molecule has 0 saturated heterocycles. The van der Waals surface area contributed by atoms with E-state index in [2.05, 4.69) is 20.4 Å². The van der Waals surface area contributed by atoms with Gasteiger partial charge >= 0.3 is 0 Å². The average Bonchev–Trinajstić information content (AvgIpc) is 3.18. The first kappa shape index (κ1) is 17.8. The topological polar surface area (TPSA) is 89.2 Å². The van der Waals surface area contributed by atoms with E-state index in [1.54, 1.807) is 0 Å². The third-order valence-corrected chi connectivity index (χ3v) is 5.96. The Bertz CT molecular complexity index is 1070. The summed E-state index contributed by atoms with van der Waals surface area (Å²) < 4.78 is 1.83. The molecular weight excluding hydrogens is 362 g/mol. The van der Waals surface area contributed by atoms with E-state index in [1.807, 2.05) is 31.4 Å². The van der Waals surface area contributed by atoms with Crippen molar-refractivity contribution in [3.05, 3.63) is 39.3 Å². The van der Waals surface area contributed by atoms with Gasteiger partial charge in [-0.3, -0.25) is 9.59 Å². The maximum absolute atomic E-state index is 12.4. The molecule has 1 aliphatic rings. The summed E-state index contributed by atoms with van der Waals surface area (Å²) >= 11 is 1.29. The fraction of sp³-hybridized carbons (Fsp3) is 0.421. The van der Waals surface area contributed by atoms with Gasteiger partial charge in [-0.15, -0.1) is 0 Å². The Hall–Kier alpha value is -2.61. The zero-order valence-corrected chi connectivity index (χ0v) is 16.4. The van der Waals surface area contributed by atoms with Crippen LogP contribution in [-0.2, 0) is 17.6 Å². The number of hydrogen-bond donors (Lipinski definition) is 1. The molecule has 0 radical (unpaired) electrons. The van der Waals surface area contributed by atoms with E-state index in [0.29, 0.717) is 29.3 Å². The Morgan fingerprint density at radius 1 is 1.26 bits per heavy atom. The Morgan fingerprint density at radius 3 is 2.85 bits per heavy atom. The summed E-state index contributed by atoms with van der Waals surface area (Å²) in [6.07, 6.45) is 3.12. The zero-order chi connectivity index (χ0) is 19.1. The Balaban J connectivity index is 1.47. The molecule has 0 saturated carbocycles. The van der Waals surface area contributed by atoms with E-state index in [9.17, 15) is 9.59 Å². The van der Waals surface area contributed by atoms with Crippen molar-refractivity contribution < 1.29 is 9.59 Å². The molecule has 0 spiro atoms. The van der Waals surface area contributed by atoms with E-state index in [0.717, 1.165) is 46.8 Å². The number of rotatable bonds is 4. The summed E-state index contributed by atoms with van der Waals surface area (Å²) in [5.74, 6) is 0.0264. The quantitative estimate of drug-likeness (QED) is 0.747. The van der Waals surface area contributed by atoms with Crippen LogP contribution in [0.4, 0.5) is 5.13 Å². The summed E-state index contributed by atoms with van der Waals surface area (Å²) in [7, 11) is 0. The second-order valence-electron chi connectivity index (χ2n) is 6.94. The number of aromatic nitrogens is 4. The minimum absolute atomic E-state index is 0.107. The molecule has 27 heavy (non-hydrogen) atoms. The van der Waals surface area contributed by atoms with Crippen LogP contribution in [0.25, 0.3) is 5.65 Å². The number of nitrogens with one attached hydrogen (secondary N) is 1. The molecule has 0 aliphatic heterocycles. The monoisotopic (exact) mass is 383 g/mol. The van der Waals surface area contributed by atoms with Crippen LogP contribution >= 0.6 is 11.3 Å². The van der Waals surface area contributed by atoms with Crippen LogP contribution in [-0.4, -0.2) is 31.3 Å². The predicted octanol–water partition coefficient (Wildman–Crippen LogP) is 3.20. The number of carbonyl (C=O) groups excluding carboxylic acids is 2. The number of aryl methyl sites for hydroxylation is 4. The van der Waals surface area contributed by atoms with Gasteiger partial charge < -0.3 is 5.32 Å². The van der Waals surface area contributed by atoms with Gasteiger partial charge in [0.05, 0.1) is 16.3 Å². The fourth-order valence-electron chi connectivity index (χ4n) is 3.55. The molecule has 0 fully saturated rings. The highest BCUT2D eigenvalue weighted by atomic mass is 32.1. The van der Waals surface area contributed by atoms with Crippen LogP contribution in [0.2, 0.25) is 0 Å². The Kier molecular flexibility index (Phi) is 4.51. The molecule has 1 amide bonds. The lowest BCUT2D eigenvalue weighted by Crippen LogP contribution is -2.14. The Labute approximate surface area is 160 Å². The second-order valence-corrected chi connectivity index (χ2v) is 7.94. The van der Waals surface area contributed by atoms with Crippen LogP contribution in [0.15, 0.2) is 6.07 Å². The first-order chi connectivity index (χ1) is 12.9. The standard InChI is InChI=1S/C19H21N5O2S/c1-10-9-16-20-11(2)13(12(3)24(16)23-10)7-8-17(26)22-19-21-14-5-4-6-15(25)18(14)27-19/h9H,4-8H2,1-3H3,(H,21,22,26). The molecule has 0 atom stereocenters. The van der Waals surface area contributed by atoms with Gasteiger partial charge in [0, 0.05) is 30.3 Å². The number of amides is 1. The van der Waals surface area contributed by atoms with Crippen molar-refractivity contribution in [3.8, 4) is 0 Å². The average molecular weight is 383 g/mol. The third-order valence-electron chi connectivity index (χ3n) is 4.90. The van der Waals surface area contributed by atoms with E-state index in [4.69, 9.17) is 0 Å². The van der Waals surface area contributed by atoms with Gasteiger partial charge in [0.25, 0.3) is 0 Å². The van der Waals surface area contributed by atoms with Crippen molar-refractivity contribution >= 4 is 33.8 Å². The van der Waals surface area contributed by atoms with Crippen LogP contribution in [0, 0.1) is 20.8 Å². The summed E-state index contributed by atoms with van der Waals surface area (Å²) in [6.45, 7) is 5.90. The lowest BCUT2D eigenvalue weighted by Gasteiger charge is -2.10. The lowest BCUT2D eigenvalue weighted by atomic mass is 10.0. The highest BCUT2D eigenvalue weighted by molar-refractivity contribution is 7.17. The number of thiazole rings is 1. The summed E-state index contributed by atoms with van der Waals surface area (Å²) in [5.41, 5.74) is 5.53. The minimum Gasteiger partial charge on any atom is -0.302 e. The van der Waals surface area contributed by atoms with Crippen molar-refractivity contribution in [2.75, 3.05) is 5.32 Å². The fourth-order valence-corrected chi connectivity index (χ4v) is 4.54. The normalized spacial score (nSPS) is 13.8. The minimum atomic E-state index is -0.107. The molecule has 3 heterocycles. The van der Waals surface area contributed by atoms with Crippen molar-refractivity contribution in [3.63, 3.8) is 0 Å². The van der Waals surface area contributed by atoms with Crippen molar-refractivity contribution in [2.24, 2.45) is 0 Å². The number of nitrogens with zero attached hydrogens (tertiary/aromatic N) is 4. The van der Waals surface area contributed by atoms with Crippen molar-refractivity contribution in [2.45, 2.75) is 52.9 Å². The Morgan fingerprint density at radius 2 is 2.07 bits per heavy atom. The SMILES string of the molecule is Cc1cc2nc(C)c(CCC(=O)Nc3nc4c(s3)C(=O)CCC4)c(C)n2n1. The van der Waals surface area contributed by atoms with Gasteiger partial charge in [0.15, 0.2) is 16.6 Å². The molecule has 4 rings (SSSR count). The first-order valence-electron chi connectivity index (χ1n) is 9.07. The second kappa shape index (κ2) is 6.84. The van der Waals surface area contributed by atoms with Crippen LogP contribution in [0.3, 0.4) is 0 Å². The van der Waals surface area contributed by atoms with Gasteiger partial charge in [-0.1, -0.05) is 11.3 Å². The van der Waals surface area contributed by atoms with E-state index in [1.165, 1.54) is 11.3 Å². The molecule has 1 aliphatic carbocycles. The summed E-state index contributed by atoms with van der Waals surface area (Å²) in [5, 5.41) is 7.83. The molecule has 3 aromatic heterocycles. The molecule has 3 aromatic rings. The smallest absolute Gasteiger partial charge is 0.226 e. The molecular formula is C19H21N5O2S. The molecule has 8 heteroatoms. The van der Waals surface area contributed by atoms with Gasteiger partial charge in [-0.25, -0.2) is 14.5 Å². The van der Waals surface area contributed by atoms with Crippen LogP contribution in [0.5, 0.6) is 0 Å². The largest absolute Gasteiger partial charge is 0.302 e. The number of fused-ring (bicyclic) bond motifs is 2. The number of Topliss-reactive ketones (excluding diaryl/α,β-unsaturated/α-hetero) is 1. The van der Waals surface area contributed by atoms with Gasteiger partial charge in [0.2, 0.25) is 5.91 Å². The van der Waals surface area contributed by atoms with Gasteiger partial charge in [-0.2, -0.15) is 5.10 Å². The molecule has 0 unspecified atom stereocenters. The first-order valence-corrected chi connectivity index (χ1v) is 9.89. The predicted molar refractivity (Wildman–Crippen MR) is 104 cm³/mol. The summed E-state index contributed by atoms with van der Waals surface area (Å²) in [6, 6.07) is 1.95. The third kappa shape index (κ3) is 3.37.